The molecule has 0 aliphatic heterocycles. The van der Waals surface area contributed by atoms with Crippen molar-refractivity contribution in [2.75, 3.05) is 0 Å². The molecule has 2 N–H and O–H groups in total. The van der Waals surface area contributed by atoms with Crippen LogP contribution in [0.3, 0.4) is 0 Å². The average molecular weight is 637 g/mol. The summed E-state index contributed by atoms with van der Waals surface area (Å²) < 4.78 is 38.3. The molecule has 1 aromatic rings. The standard InChI is InChI=1S/C36H54O6S.Na/c1-24(2)10-8-20-35(6)29(25(3)12-17-33(35)38)18-21-34(5)19-9-11-31-30(34)15-13-26(4)36(31,7)23-27-22-28(14-16-32(27)37)42-43(39,40)41;/h10,14,16,22,26,29,33,37-38H,3,8-9,11-13,15,17-21,23H2,1-2,4-7H3,(H,39,40,41);/q;+1/p-1/t26-,29?,33?,34?,35-,36+;/m0./s1. The molecule has 0 heterocycles. The fourth-order valence-corrected chi connectivity index (χ4v) is 9.08. The minimum atomic E-state index is -4.91. The molecule has 3 unspecified atom stereocenters. The molecule has 44 heavy (non-hydrogen) atoms. The quantitative estimate of drug-likeness (QED) is 0.151. The predicted molar refractivity (Wildman–Crippen MR) is 172 cm³/mol. The van der Waals surface area contributed by atoms with Crippen molar-refractivity contribution in [3.63, 3.8) is 0 Å². The van der Waals surface area contributed by atoms with Crippen LogP contribution in [-0.4, -0.2) is 29.3 Å². The van der Waals surface area contributed by atoms with E-state index in [1.165, 1.54) is 34.9 Å². The Hall–Kier alpha value is -1.09. The van der Waals surface area contributed by atoms with Gasteiger partial charge in [-0.2, -0.15) is 0 Å². The summed E-state index contributed by atoms with van der Waals surface area (Å²) in [7, 11) is -4.91. The third-order valence-electron chi connectivity index (χ3n) is 11.7. The molecule has 0 bridgehead atoms. The Labute approximate surface area is 288 Å². The monoisotopic (exact) mass is 636 g/mol. The molecule has 3 aliphatic carbocycles. The number of hydrogen-bond donors (Lipinski definition) is 2. The number of aliphatic hydroxyl groups excluding tert-OH is 1. The van der Waals surface area contributed by atoms with Gasteiger partial charge in [0.25, 0.3) is 10.4 Å². The van der Waals surface area contributed by atoms with Gasteiger partial charge in [-0.25, -0.2) is 8.42 Å². The summed E-state index contributed by atoms with van der Waals surface area (Å²) in [4.78, 5) is 0. The Morgan fingerprint density at radius 2 is 1.82 bits per heavy atom. The van der Waals surface area contributed by atoms with Gasteiger partial charge in [0, 0.05) is 5.41 Å². The summed E-state index contributed by atoms with van der Waals surface area (Å²) in [5, 5.41) is 22.0. The first-order chi connectivity index (χ1) is 20.0. The minimum absolute atomic E-state index is 0. The first-order valence-corrected chi connectivity index (χ1v) is 17.5. The zero-order valence-electron chi connectivity index (χ0n) is 28.2. The van der Waals surface area contributed by atoms with Crippen LogP contribution in [0.1, 0.15) is 118 Å². The normalized spacial score (nSPS) is 32.5. The number of aliphatic hydroxyl groups is 1. The van der Waals surface area contributed by atoms with Crippen LogP contribution in [0.25, 0.3) is 0 Å². The maximum atomic E-state index is 11.3. The number of phenolic OH excluding ortho intramolecular Hbond substituents is 1. The molecule has 6 nitrogen and oxygen atoms in total. The largest absolute Gasteiger partial charge is 1.00 e. The van der Waals surface area contributed by atoms with E-state index in [4.69, 9.17) is 0 Å². The van der Waals surface area contributed by atoms with Gasteiger partial charge in [0.1, 0.15) is 11.5 Å². The molecule has 1 fully saturated rings. The molecule has 240 valence electrons. The summed E-state index contributed by atoms with van der Waals surface area (Å²) in [6.07, 6.45) is 13.6. The first kappa shape index (κ1) is 37.4. The molecule has 1 aromatic carbocycles. The van der Waals surface area contributed by atoms with Gasteiger partial charge in [0.05, 0.1) is 6.10 Å². The van der Waals surface area contributed by atoms with Gasteiger partial charge in [0.15, 0.2) is 0 Å². The van der Waals surface area contributed by atoms with Crippen molar-refractivity contribution >= 4 is 10.4 Å². The van der Waals surface area contributed by atoms with E-state index in [0.29, 0.717) is 17.9 Å². The van der Waals surface area contributed by atoms with Gasteiger partial charge in [-0.05, 0) is 137 Å². The third kappa shape index (κ3) is 8.06. The maximum absolute atomic E-state index is 11.3. The summed E-state index contributed by atoms with van der Waals surface area (Å²) in [6, 6.07) is 4.22. The number of allylic oxidation sites excluding steroid dienone is 5. The molecule has 0 saturated heterocycles. The number of benzene rings is 1. The van der Waals surface area contributed by atoms with Crippen LogP contribution >= 0.6 is 0 Å². The van der Waals surface area contributed by atoms with E-state index < -0.39 is 10.4 Å². The van der Waals surface area contributed by atoms with Crippen molar-refractivity contribution in [2.45, 2.75) is 125 Å². The van der Waals surface area contributed by atoms with Crippen LogP contribution in [0.2, 0.25) is 0 Å². The van der Waals surface area contributed by atoms with Crippen LogP contribution in [0, 0.1) is 28.1 Å². The number of hydrogen-bond acceptors (Lipinski definition) is 6. The Morgan fingerprint density at radius 1 is 1.11 bits per heavy atom. The molecule has 4 rings (SSSR count). The van der Waals surface area contributed by atoms with Gasteiger partial charge >= 0.3 is 29.6 Å². The van der Waals surface area contributed by atoms with Crippen LogP contribution in [0.4, 0.5) is 0 Å². The average Bonchev–Trinajstić information content (AvgIpc) is 2.90. The van der Waals surface area contributed by atoms with E-state index >= 15 is 0 Å². The fourth-order valence-electron chi connectivity index (χ4n) is 8.74. The second kappa shape index (κ2) is 14.4. The second-order valence-electron chi connectivity index (χ2n) is 14.8. The van der Waals surface area contributed by atoms with Crippen LogP contribution in [0.15, 0.2) is 53.1 Å². The minimum Gasteiger partial charge on any atom is -0.716 e. The van der Waals surface area contributed by atoms with Crippen LogP contribution < -0.4 is 33.7 Å². The maximum Gasteiger partial charge on any atom is 1.00 e. The fraction of sp³-hybridized carbons (Fsp3) is 0.667. The number of phenols is 1. The van der Waals surface area contributed by atoms with Gasteiger partial charge in [-0.1, -0.05) is 62.6 Å². The summed E-state index contributed by atoms with van der Waals surface area (Å²) in [5.74, 6) is 0.667. The smallest absolute Gasteiger partial charge is 0.716 e. The molecule has 3 aliphatic rings. The number of aromatic hydroxyl groups is 1. The van der Waals surface area contributed by atoms with Gasteiger partial charge in [0.2, 0.25) is 0 Å². The van der Waals surface area contributed by atoms with E-state index in [-0.39, 0.29) is 69.3 Å². The van der Waals surface area contributed by atoms with Crippen molar-refractivity contribution in [1.82, 2.24) is 0 Å². The van der Waals surface area contributed by atoms with Crippen molar-refractivity contribution in [3.05, 3.63) is 58.7 Å². The Bertz CT molecular complexity index is 1380. The summed E-state index contributed by atoms with van der Waals surface area (Å²) in [5.41, 5.74) is 5.90. The molecular weight excluding hydrogens is 583 g/mol. The zero-order valence-corrected chi connectivity index (χ0v) is 31.0. The number of rotatable bonds is 10. The van der Waals surface area contributed by atoms with Gasteiger partial charge in [-0.3, -0.25) is 0 Å². The zero-order chi connectivity index (χ0) is 31.8. The molecule has 0 spiro atoms. The Kier molecular flexibility index (Phi) is 12.2. The topological polar surface area (TPSA) is 107 Å². The molecule has 0 radical (unpaired) electrons. The predicted octanol–water partition coefficient (Wildman–Crippen LogP) is 5.56. The van der Waals surface area contributed by atoms with Crippen molar-refractivity contribution in [3.8, 4) is 11.5 Å². The van der Waals surface area contributed by atoms with Crippen molar-refractivity contribution in [2.24, 2.45) is 28.1 Å². The van der Waals surface area contributed by atoms with E-state index in [2.05, 4.69) is 58.4 Å². The molecule has 6 atom stereocenters. The van der Waals surface area contributed by atoms with E-state index in [9.17, 15) is 23.2 Å². The van der Waals surface area contributed by atoms with E-state index in [1.54, 1.807) is 5.57 Å². The SMILES string of the molecule is C=C1CCC(O)[C@@](C)(CCC=C(C)C)C1CCC1(C)CCCC2=C1CC[C@H](C)[C@@]2(C)Cc1cc(OS(=O)(=O)[O-])ccc1O.[Na+]. The molecule has 0 aromatic heterocycles. The van der Waals surface area contributed by atoms with E-state index in [0.717, 1.165) is 70.6 Å². The van der Waals surface area contributed by atoms with Crippen LogP contribution in [0.5, 0.6) is 11.5 Å². The summed E-state index contributed by atoms with van der Waals surface area (Å²) in [6.45, 7) is 18.1. The van der Waals surface area contributed by atoms with Gasteiger partial charge < -0.3 is 18.9 Å². The van der Waals surface area contributed by atoms with Gasteiger partial charge in [-0.15, -0.1) is 0 Å². The second-order valence-corrected chi connectivity index (χ2v) is 15.8. The molecule has 1 saturated carbocycles. The Balaban J connectivity index is 0.00000529. The Morgan fingerprint density at radius 3 is 2.48 bits per heavy atom. The first-order valence-electron chi connectivity index (χ1n) is 16.2. The van der Waals surface area contributed by atoms with Crippen LogP contribution in [-0.2, 0) is 16.8 Å². The molecule has 0 amide bonds. The van der Waals surface area contributed by atoms with Crippen molar-refractivity contribution < 1.29 is 56.9 Å². The third-order valence-corrected chi connectivity index (χ3v) is 12.1. The van der Waals surface area contributed by atoms with Crippen molar-refractivity contribution in [1.29, 1.82) is 0 Å². The van der Waals surface area contributed by atoms with E-state index in [1.807, 2.05) is 0 Å². The molecular formula is C36H53NaO6S. The summed E-state index contributed by atoms with van der Waals surface area (Å²) >= 11 is 0. The molecule has 8 heteroatoms.